The van der Waals surface area contributed by atoms with Gasteiger partial charge < -0.3 is 10.3 Å². The monoisotopic (exact) mass is 261 g/mol. The summed E-state index contributed by atoms with van der Waals surface area (Å²) in [5.74, 6) is 0.727. The molecule has 1 aromatic heterocycles. The van der Waals surface area contributed by atoms with Gasteiger partial charge in [0.15, 0.2) is 11.6 Å². The zero-order chi connectivity index (χ0) is 14.2. The third kappa shape index (κ3) is 2.29. The average Bonchev–Trinajstić information content (AvgIpc) is 2.70. The summed E-state index contributed by atoms with van der Waals surface area (Å²) >= 11 is 0. The smallest absolute Gasteiger partial charge is 0.280 e. The van der Waals surface area contributed by atoms with E-state index in [2.05, 4.69) is 5.16 Å². The largest absolute Gasteiger partial charge is 0.381 e. The van der Waals surface area contributed by atoms with Crippen molar-refractivity contribution in [2.24, 2.45) is 0 Å². The molecule has 0 aliphatic carbocycles. The number of nitrogens with two attached hydrogens (primary N) is 1. The molecule has 0 bridgehead atoms. The van der Waals surface area contributed by atoms with Crippen molar-refractivity contribution in [1.82, 2.24) is 5.16 Å². The summed E-state index contributed by atoms with van der Waals surface area (Å²) in [6.07, 6.45) is 0. The van der Waals surface area contributed by atoms with Crippen LogP contribution in [0.3, 0.4) is 0 Å². The Kier molecular flexibility index (Phi) is 3.25. The fraction of sp³-hybridized carbons (Fsp3) is 0.308. The Hall–Kier alpha value is -2.37. The summed E-state index contributed by atoms with van der Waals surface area (Å²) in [5, 5.41) is 14.8. The van der Waals surface area contributed by atoms with E-state index in [1.807, 2.05) is 20.8 Å². The molecule has 0 saturated heterocycles. The van der Waals surface area contributed by atoms with E-state index in [-0.39, 0.29) is 17.4 Å². The topological polar surface area (TPSA) is 95.2 Å². The third-order valence-electron chi connectivity index (χ3n) is 2.93. The van der Waals surface area contributed by atoms with Gasteiger partial charge in [0.2, 0.25) is 0 Å². The van der Waals surface area contributed by atoms with Gasteiger partial charge in [0, 0.05) is 11.6 Å². The maximum absolute atomic E-state index is 11.1. The van der Waals surface area contributed by atoms with Gasteiger partial charge in [0.25, 0.3) is 5.69 Å². The zero-order valence-electron chi connectivity index (χ0n) is 11.0. The molecule has 0 radical (unpaired) electrons. The second kappa shape index (κ2) is 4.72. The van der Waals surface area contributed by atoms with Gasteiger partial charge in [-0.05, 0) is 24.5 Å². The van der Waals surface area contributed by atoms with Crippen LogP contribution in [0.4, 0.5) is 11.5 Å². The predicted octanol–water partition coefficient (Wildman–Crippen LogP) is 3.26. The van der Waals surface area contributed by atoms with Crippen LogP contribution in [0.2, 0.25) is 0 Å². The lowest BCUT2D eigenvalue weighted by Gasteiger charge is -2.06. The number of nitrogens with zero attached hydrogens (tertiary/aromatic N) is 2. The van der Waals surface area contributed by atoms with E-state index < -0.39 is 4.92 Å². The number of hydrogen-bond donors (Lipinski definition) is 1. The minimum atomic E-state index is -0.433. The van der Waals surface area contributed by atoms with Gasteiger partial charge in [-0.25, -0.2) is 0 Å². The van der Waals surface area contributed by atoms with E-state index in [1.165, 1.54) is 6.07 Å². The first kappa shape index (κ1) is 13.1. The minimum absolute atomic E-state index is 0.0105. The molecule has 2 aromatic rings. The van der Waals surface area contributed by atoms with Crippen molar-refractivity contribution in [1.29, 1.82) is 0 Å². The van der Waals surface area contributed by atoms with Gasteiger partial charge in [-0.1, -0.05) is 25.1 Å². The van der Waals surface area contributed by atoms with Gasteiger partial charge in [0.1, 0.15) is 0 Å². The lowest BCUT2D eigenvalue weighted by atomic mass is 9.97. The van der Waals surface area contributed by atoms with Gasteiger partial charge >= 0.3 is 0 Å². The SMILES string of the molecule is Cc1ccc([N+](=O)[O-])c(-c2onc(N)c2C(C)C)c1. The summed E-state index contributed by atoms with van der Waals surface area (Å²) in [5.41, 5.74) is 7.78. The van der Waals surface area contributed by atoms with Gasteiger partial charge in [-0.3, -0.25) is 10.1 Å². The van der Waals surface area contributed by atoms with Crippen molar-refractivity contribution in [3.8, 4) is 11.3 Å². The first-order chi connectivity index (χ1) is 8.91. The first-order valence-corrected chi connectivity index (χ1v) is 5.92. The van der Waals surface area contributed by atoms with Crippen LogP contribution in [0.1, 0.15) is 30.9 Å². The van der Waals surface area contributed by atoms with E-state index in [4.69, 9.17) is 10.3 Å². The van der Waals surface area contributed by atoms with Crippen molar-refractivity contribution in [3.63, 3.8) is 0 Å². The molecule has 0 aliphatic heterocycles. The summed E-state index contributed by atoms with van der Waals surface area (Å²) in [7, 11) is 0. The number of nitrogen functional groups attached to an aromatic ring is 1. The Morgan fingerprint density at radius 3 is 2.68 bits per heavy atom. The molecule has 0 saturated carbocycles. The van der Waals surface area contributed by atoms with Crippen LogP contribution in [-0.2, 0) is 0 Å². The number of aryl methyl sites for hydroxylation is 1. The highest BCUT2D eigenvalue weighted by Crippen LogP contribution is 2.38. The summed E-state index contributed by atoms with van der Waals surface area (Å²) in [4.78, 5) is 10.7. The van der Waals surface area contributed by atoms with Crippen LogP contribution >= 0.6 is 0 Å². The molecule has 0 fully saturated rings. The number of hydrogen-bond acceptors (Lipinski definition) is 5. The Labute approximate surface area is 110 Å². The Balaban J connectivity index is 2.71. The molecule has 2 rings (SSSR count). The molecule has 0 atom stereocenters. The average molecular weight is 261 g/mol. The van der Waals surface area contributed by atoms with Crippen LogP contribution in [0.15, 0.2) is 22.7 Å². The molecule has 6 nitrogen and oxygen atoms in total. The van der Waals surface area contributed by atoms with Gasteiger partial charge in [0.05, 0.1) is 10.5 Å². The Morgan fingerprint density at radius 1 is 1.42 bits per heavy atom. The van der Waals surface area contributed by atoms with E-state index in [9.17, 15) is 10.1 Å². The number of nitro benzene ring substituents is 1. The molecular formula is C13H15N3O3. The van der Waals surface area contributed by atoms with E-state index in [0.29, 0.717) is 16.9 Å². The van der Waals surface area contributed by atoms with Crippen LogP contribution in [0, 0.1) is 17.0 Å². The van der Waals surface area contributed by atoms with Crippen LogP contribution in [0.25, 0.3) is 11.3 Å². The van der Waals surface area contributed by atoms with Crippen molar-refractivity contribution in [3.05, 3.63) is 39.4 Å². The van der Waals surface area contributed by atoms with Crippen LogP contribution < -0.4 is 5.73 Å². The number of nitro groups is 1. The molecule has 0 aliphatic rings. The fourth-order valence-electron chi connectivity index (χ4n) is 2.05. The van der Waals surface area contributed by atoms with Gasteiger partial charge in [-0.2, -0.15) is 0 Å². The van der Waals surface area contributed by atoms with Crippen molar-refractivity contribution < 1.29 is 9.45 Å². The van der Waals surface area contributed by atoms with Gasteiger partial charge in [-0.15, -0.1) is 0 Å². The van der Waals surface area contributed by atoms with Crippen molar-refractivity contribution >= 4 is 11.5 Å². The Bertz CT molecular complexity index is 632. The number of aromatic nitrogens is 1. The van der Waals surface area contributed by atoms with Crippen LogP contribution in [-0.4, -0.2) is 10.1 Å². The molecular weight excluding hydrogens is 246 g/mol. The molecule has 1 heterocycles. The number of anilines is 1. The highest BCUT2D eigenvalue weighted by atomic mass is 16.6. The standard InChI is InChI=1S/C13H15N3O3/c1-7(2)11-12(19-15-13(11)14)9-6-8(3)4-5-10(9)16(17)18/h4-7H,1-3H3,(H2,14,15). The highest BCUT2D eigenvalue weighted by Gasteiger charge is 2.25. The van der Waals surface area contributed by atoms with E-state index >= 15 is 0 Å². The minimum Gasteiger partial charge on any atom is -0.381 e. The summed E-state index contributed by atoms with van der Waals surface area (Å²) in [6.45, 7) is 5.74. The van der Waals surface area contributed by atoms with Crippen molar-refractivity contribution in [2.45, 2.75) is 26.7 Å². The van der Waals surface area contributed by atoms with Crippen molar-refractivity contribution in [2.75, 3.05) is 5.73 Å². The first-order valence-electron chi connectivity index (χ1n) is 5.92. The molecule has 0 spiro atoms. The lowest BCUT2D eigenvalue weighted by molar-refractivity contribution is -0.384. The molecule has 2 N–H and O–H groups in total. The predicted molar refractivity (Wildman–Crippen MR) is 71.8 cm³/mol. The molecule has 0 amide bonds. The molecule has 1 aromatic carbocycles. The van der Waals surface area contributed by atoms with E-state index in [1.54, 1.807) is 12.1 Å². The normalized spacial score (nSPS) is 10.9. The number of benzene rings is 1. The highest BCUT2D eigenvalue weighted by molar-refractivity contribution is 5.75. The van der Waals surface area contributed by atoms with E-state index in [0.717, 1.165) is 5.56 Å². The maximum atomic E-state index is 11.1. The second-order valence-electron chi connectivity index (χ2n) is 4.74. The fourth-order valence-corrected chi connectivity index (χ4v) is 2.05. The Morgan fingerprint density at radius 2 is 2.11 bits per heavy atom. The second-order valence-corrected chi connectivity index (χ2v) is 4.74. The summed E-state index contributed by atoms with van der Waals surface area (Å²) < 4.78 is 5.21. The maximum Gasteiger partial charge on any atom is 0.280 e. The lowest BCUT2D eigenvalue weighted by Crippen LogP contribution is -1.97. The quantitative estimate of drug-likeness (QED) is 0.675. The number of rotatable bonds is 3. The molecule has 100 valence electrons. The molecule has 19 heavy (non-hydrogen) atoms. The molecule has 0 unspecified atom stereocenters. The molecule has 6 heteroatoms. The van der Waals surface area contributed by atoms with Crippen LogP contribution in [0.5, 0.6) is 0 Å². The summed E-state index contributed by atoms with van der Waals surface area (Å²) in [6, 6.07) is 4.87. The third-order valence-corrected chi connectivity index (χ3v) is 2.93. The zero-order valence-corrected chi connectivity index (χ0v) is 11.0.